The van der Waals surface area contributed by atoms with Crippen LogP contribution in [0.2, 0.25) is 0 Å². The summed E-state index contributed by atoms with van der Waals surface area (Å²) in [6.07, 6.45) is 1.28. The van der Waals surface area contributed by atoms with Crippen molar-refractivity contribution in [3.8, 4) is 5.75 Å². The molecule has 2 heterocycles. The van der Waals surface area contributed by atoms with E-state index in [1.165, 1.54) is 0 Å². The summed E-state index contributed by atoms with van der Waals surface area (Å²) in [5, 5.41) is 1.85. The second-order valence-electron chi connectivity index (χ2n) is 5.45. The van der Waals surface area contributed by atoms with Gasteiger partial charge in [-0.1, -0.05) is 30.3 Å². The Balaban J connectivity index is 1.73. The SMILES string of the molecule is COc1ccc(C2=N[C@H](c3ccco3)N=C(c3ccccc3)S2)cc1. The third-order valence-electron chi connectivity index (χ3n) is 3.83. The first kappa shape index (κ1) is 15.7. The molecule has 0 fully saturated rings. The van der Waals surface area contributed by atoms with E-state index in [0.717, 1.165) is 32.7 Å². The van der Waals surface area contributed by atoms with Gasteiger partial charge in [0.1, 0.15) is 21.6 Å². The number of furan rings is 1. The second kappa shape index (κ2) is 6.99. The molecule has 0 spiro atoms. The summed E-state index contributed by atoms with van der Waals surface area (Å²) in [5.74, 6) is 1.56. The Labute approximate surface area is 150 Å². The van der Waals surface area contributed by atoms with Crippen molar-refractivity contribution >= 4 is 21.8 Å². The van der Waals surface area contributed by atoms with Crippen LogP contribution >= 0.6 is 11.8 Å². The maximum atomic E-state index is 5.53. The highest BCUT2D eigenvalue weighted by molar-refractivity contribution is 8.27. The molecule has 4 nitrogen and oxygen atoms in total. The van der Waals surface area contributed by atoms with Crippen LogP contribution in [0, 0.1) is 0 Å². The summed E-state index contributed by atoms with van der Waals surface area (Å²) in [7, 11) is 1.66. The van der Waals surface area contributed by atoms with Crippen molar-refractivity contribution in [2.24, 2.45) is 9.98 Å². The normalized spacial score (nSPS) is 16.9. The Bertz CT molecular complexity index is 901. The van der Waals surface area contributed by atoms with Crippen molar-refractivity contribution in [1.29, 1.82) is 0 Å². The van der Waals surface area contributed by atoms with Gasteiger partial charge in [-0.25, -0.2) is 9.98 Å². The van der Waals surface area contributed by atoms with Gasteiger partial charge in [-0.15, -0.1) is 0 Å². The first-order valence-electron chi connectivity index (χ1n) is 7.90. The van der Waals surface area contributed by atoms with Crippen LogP contribution in [0.15, 0.2) is 87.4 Å². The van der Waals surface area contributed by atoms with Crippen molar-refractivity contribution in [3.63, 3.8) is 0 Å². The van der Waals surface area contributed by atoms with Gasteiger partial charge in [-0.05, 0) is 48.2 Å². The molecule has 0 bridgehead atoms. The summed E-state index contributed by atoms with van der Waals surface area (Å²) in [4.78, 5) is 9.56. The lowest BCUT2D eigenvalue weighted by Crippen LogP contribution is -2.12. The molecule has 1 atom stereocenters. The lowest BCUT2D eigenvalue weighted by Gasteiger charge is -2.18. The van der Waals surface area contributed by atoms with E-state index in [2.05, 4.69) is 12.1 Å². The van der Waals surface area contributed by atoms with Crippen LogP contribution in [-0.4, -0.2) is 17.2 Å². The van der Waals surface area contributed by atoms with Crippen LogP contribution in [0.4, 0.5) is 0 Å². The van der Waals surface area contributed by atoms with Crippen LogP contribution in [0.25, 0.3) is 0 Å². The van der Waals surface area contributed by atoms with E-state index in [4.69, 9.17) is 19.1 Å². The highest BCUT2D eigenvalue weighted by Gasteiger charge is 2.23. The first-order chi connectivity index (χ1) is 12.3. The predicted molar refractivity (Wildman–Crippen MR) is 102 cm³/mol. The Morgan fingerprint density at radius 2 is 1.52 bits per heavy atom. The van der Waals surface area contributed by atoms with Gasteiger partial charge < -0.3 is 9.15 Å². The van der Waals surface area contributed by atoms with Crippen molar-refractivity contribution < 1.29 is 9.15 Å². The molecule has 0 amide bonds. The molecule has 0 saturated carbocycles. The van der Waals surface area contributed by atoms with Gasteiger partial charge in [0.15, 0.2) is 6.17 Å². The molecule has 1 aromatic heterocycles. The summed E-state index contributed by atoms with van der Waals surface area (Å²) in [5.41, 5.74) is 2.11. The fourth-order valence-electron chi connectivity index (χ4n) is 2.54. The Morgan fingerprint density at radius 1 is 0.840 bits per heavy atom. The zero-order valence-electron chi connectivity index (χ0n) is 13.6. The van der Waals surface area contributed by atoms with Crippen LogP contribution < -0.4 is 4.74 Å². The molecule has 0 radical (unpaired) electrons. The molecule has 0 unspecified atom stereocenters. The Kier molecular flexibility index (Phi) is 4.39. The topological polar surface area (TPSA) is 47.1 Å². The van der Waals surface area contributed by atoms with E-state index in [-0.39, 0.29) is 6.17 Å². The molecule has 5 heteroatoms. The molecule has 3 aromatic rings. The maximum Gasteiger partial charge on any atom is 0.199 e. The van der Waals surface area contributed by atoms with Gasteiger partial charge in [-0.3, -0.25) is 0 Å². The minimum absolute atomic E-state index is 0.372. The molecular weight excluding hydrogens is 332 g/mol. The van der Waals surface area contributed by atoms with Crippen molar-refractivity contribution in [1.82, 2.24) is 0 Å². The Morgan fingerprint density at radius 3 is 2.12 bits per heavy atom. The minimum Gasteiger partial charge on any atom is -0.497 e. The van der Waals surface area contributed by atoms with E-state index >= 15 is 0 Å². The highest BCUT2D eigenvalue weighted by Crippen LogP contribution is 2.33. The van der Waals surface area contributed by atoms with E-state index in [0.29, 0.717) is 0 Å². The summed E-state index contributed by atoms with van der Waals surface area (Å²) in [6, 6.07) is 21.8. The van der Waals surface area contributed by atoms with Gasteiger partial charge in [0.25, 0.3) is 0 Å². The highest BCUT2D eigenvalue weighted by atomic mass is 32.2. The third-order valence-corrected chi connectivity index (χ3v) is 4.90. The number of benzene rings is 2. The molecule has 2 aromatic carbocycles. The average molecular weight is 348 g/mol. The van der Waals surface area contributed by atoms with Crippen molar-refractivity contribution in [2.75, 3.05) is 7.11 Å². The average Bonchev–Trinajstić information content (AvgIpc) is 3.23. The first-order valence-corrected chi connectivity index (χ1v) is 8.72. The number of nitrogens with zero attached hydrogens (tertiary/aromatic N) is 2. The molecule has 0 N–H and O–H groups in total. The molecule has 1 aliphatic rings. The molecule has 0 aliphatic carbocycles. The van der Waals surface area contributed by atoms with Gasteiger partial charge in [-0.2, -0.15) is 0 Å². The zero-order valence-corrected chi connectivity index (χ0v) is 14.4. The smallest absolute Gasteiger partial charge is 0.199 e. The number of rotatable bonds is 4. The number of thioether (sulfide) groups is 1. The van der Waals surface area contributed by atoms with E-state index in [9.17, 15) is 0 Å². The van der Waals surface area contributed by atoms with E-state index in [1.54, 1.807) is 25.1 Å². The number of hydrogen-bond donors (Lipinski definition) is 0. The van der Waals surface area contributed by atoms with Gasteiger partial charge in [0.2, 0.25) is 0 Å². The molecule has 1 aliphatic heterocycles. The lowest BCUT2D eigenvalue weighted by atomic mass is 10.2. The van der Waals surface area contributed by atoms with Gasteiger partial charge in [0.05, 0.1) is 13.4 Å². The molecule has 0 saturated heterocycles. The van der Waals surface area contributed by atoms with Crippen LogP contribution in [-0.2, 0) is 0 Å². The fourth-order valence-corrected chi connectivity index (χ4v) is 3.54. The summed E-state index contributed by atoms with van der Waals surface area (Å²) < 4.78 is 10.8. The quantitative estimate of drug-likeness (QED) is 0.672. The standard InChI is InChI=1S/C20H16N2O2S/c1-23-16-11-9-15(10-12-16)20-22-18(17-8-5-13-24-17)21-19(25-20)14-6-3-2-4-7-14/h2-13,18H,1H3/t18-/m1/s1. The number of aliphatic imine (C=N–C) groups is 2. The summed E-state index contributed by atoms with van der Waals surface area (Å²) in [6.45, 7) is 0. The number of methoxy groups -OCH3 is 1. The molecule has 124 valence electrons. The lowest BCUT2D eigenvalue weighted by molar-refractivity contribution is 0.415. The number of hydrogen-bond acceptors (Lipinski definition) is 5. The van der Waals surface area contributed by atoms with Gasteiger partial charge in [0, 0.05) is 11.1 Å². The molecule has 25 heavy (non-hydrogen) atoms. The van der Waals surface area contributed by atoms with Gasteiger partial charge >= 0.3 is 0 Å². The van der Waals surface area contributed by atoms with Crippen LogP contribution in [0.3, 0.4) is 0 Å². The Hall–Kier alpha value is -2.79. The zero-order chi connectivity index (χ0) is 17.1. The van der Waals surface area contributed by atoms with Crippen LogP contribution in [0.1, 0.15) is 23.1 Å². The second-order valence-corrected chi connectivity index (χ2v) is 6.43. The molecular formula is C20H16N2O2S. The molecule has 4 rings (SSSR count). The maximum absolute atomic E-state index is 5.53. The van der Waals surface area contributed by atoms with Crippen molar-refractivity contribution in [2.45, 2.75) is 6.17 Å². The van der Waals surface area contributed by atoms with E-state index in [1.807, 2.05) is 54.6 Å². The number of ether oxygens (including phenoxy) is 1. The van der Waals surface area contributed by atoms with Crippen LogP contribution in [0.5, 0.6) is 5.75 Å². The van der Waals surface area contributed by atoms with E-state index < -0.39 is 0 Å². The predicted octanol–water partition coefficient (Wildman–Crippen LogP) is 4.93. The monoisotopic (exact) mass is 348 g/mol. The largest absolute Gasteiger partial charge is 0.497 e. The third kappa shape index (κ3) is 3.37. The minimum atomic E-state index is -0.372. The fraction of sp³-hybridized carbons (Fsp3) is 0.100. The van der Waals surface area contributed by atoms with Crippen molar-refractivity contribution in [3.05, 3.63) is 89.9 Å². The summed E-state index contributed by atoms with van der Waals surface area (Å²) >= 11 is 1.57.